The monoisotopic (exact) mass is 246 g/mol. The van der Waals surface area contributed by atoms with Crippen LogP contribution in [0.4, 0.5) is 0 Å². The van der Waals surface area contributed by atoms with Gasteiger partial charge in [-0.25, -0.2) is 4.57 Å². The number of rotatable bonds is 7. The van der Waals surface area contributed by atoms with Gasteiger partial charge in [0.05, 0.1) is 18.5 Å². The second-order valence-electron chi connectivity index (χ2n) is 2.34. The van der Waals surface area contributed by atoms with Crippen molar-refractivity contribution in [2.45, 2.75) is 6.92 Å². The second-order valence-corrected chi connectivity index (χ2v) is 5.20. The van der Waals surface area contributed by atoms with E-state index in [1.54, 1.807) is 6.92 Å². The van der Waals surface area contributed by atoms with Gasteiger partial charge in [-0.1, -0.05) is 6.58 Å². The predicted molar refractivity (Wildman–Crippen MR) is 55.8 cm³/mol. The fourth-order valence-corrected chi connectivity index (χ4v) is 2.78. The third kappa shape index (κ3) is 6.39. The Morgan fingerprint density at radius 2 is 2.08 bits per heavy atom. The van der Waals surface area contributed by atoms with E-state index in [4.69, 9.17) is 32.2 Å². The van der Waals surface area contributed by atoms with Crippen molar-refractivity contribution in [3.8, 4) is 0 Å². The molecule has 0 rings (SSSR count). The van der Waals surface area contributed by atoms with E-state index in [0.717, 1.165) is 0 Å². The summed E-state index contributed by atoms with van der Waals surface area (Å²) in [6.07, 6.45) is 0.165. The second kappa shape index (κ2) is 6.72. The Morgan fingerprint density at radius 3 is 2.46 bits per heavy atom. The summed E-state index contributed by atoms with van der Waals surface area (Å²) in [6.45, 7) is 5.27. The van der Waals surface area contributed by atoms with Gasteiger partial charge < -0.3 is 4.52 Å². The molecule has 13 heavy (non-hydrogen) atoms. The molecule has 0 aromatic rings. The van der Waals surface area contributed by atoms with E-state index in [2.05, 4.69) is 6.58 Å². The van der Waals surface area contributed by atoms with Crippen LogP contribution in [0.1, 0.15) is 6.92 Å². The van der Waals surface area contributed by atoms with Crippen molar-refractivity contribution >= 4 is 30.8 Å². The van der Waals surface area contributed by atoms with Crippen LogP contribution in [0.15, 0.2) is 12.3 Å². The predicted octanol–water partition coefficient (Wildman–Crippen LogP) is 3.22. The van der Waals surface area contributed by atoms with Crippen molar-refractivity contribution < 1.29 is 13.6 Å². The quantitative estimate of drug-likeness (QED) is 0.393. The molecule has 3 nitrogen and oxygen atoms in total. The lowest BCUT2D eigenvalue weighted by molar-refractivity contribution is 0.253. The Kier molecular flexibility index (Phi) is 6.88. The molecule has 6 heteroatoms. The molecule has 78 valence electrons. The molecular weight excluding hydrogens is 234 g/mol. The fourth-order valence-electron chi connectivity index (χ4n) is 0.651. The zero-order valence-corrected chi connectivity index (χ0v) is 9.87. The average molecular weight is 247 g/mol. The number of alkyl halides is 2. The van der Waals surface area contributed by atoms with Crippen LogP contribution in [0.25, 0.3) is 0 Å². The molecule has 1 unspecified atom stereocenters. The summed E-state index contributed by atoms with van der Waals surface area (Å²) in [5.41, 5.74) is 0. The zero-order valence-electron chi connectivity index (χ0n) is 7.46. The van der Waals surface area contributed by atoms with E-state index in [1.165, 1.54) is 0 Å². The first-order valence-electron chi connectivity index (χ1n) is 3.74. The number of allylic oxidation sites excluding steroid dienone is 1. The van der Waals surface area contributed by atoms with E-state index >= 15 is 0 Å². The summed E-state index contributed by atoms with van der Waals surface area (Å²) in [6, 6.07) is 0. The topological polar surface area (TPSA) is 35.5 Å². The van der Waals surface area contributed by atoms with Gasteiger partial charge in [-0.2, -0.15) is 0 Å². The Hall–Kier alpha value is 0.310. The molecule has 0 bridgehead atoms. The van der Waals surface area contributed by atoms with Crippen LogP contribution >= 0.6 is 30.8 Å². The minimum atomic E-state index is -3.11. The minimum Gasteiger partial charge on any atom is -0.430 e. The lowest BCUT2D eigenvalue weighted by Gasteiger charge is -2.17. The fraction of sp³-hybridized carbons (Fsp3) is 0.714. The Labute approximate surface area is 88.5 Å². The van der Waals surface area contributed by atoms with E-state index < -0.39 is 7.60 Å². The third-order valence-corrected chi connectivity index (χ3v) is 3.56. The molecule has 0 N–H and O–H groups in total. The summed E-state index contributed by atoms with van der Waals surface area (Å²) in [4.78, 5) is 0. The molecule has 0 saturated carbocycles. The molecule has 0 aliphatic rings. The molecule has 0 radical (unpaired) electrons. The van der Waals surface area contributed by atoms with Crippen LogP contribution in [0.3, 0.4) is 0 Å². The van der Waals surface area contributed by atoms with E-state index in [9.17, 15) is 4.57 Å². The van der Waals surface area contributed by atoms with Crippen LogP contribution in [-0.4, -0.2) is 24.5 Å². The maximum atomic E-state index is 11.7. The Morgan fingerprint density at radius 1 is 1.46 bits per heavy atom. The van der Waals surface area contributed by atoms with Gasteiger partial charge in [0.25, 0.3) is 0 Å². The van der Waals surface area contributed by atoms with Gasteiger partial charge in [-0.05, 0) is 6.92 Å². The smallest absolute Gasteiger partial charge is 0.380 e. The molecule has 0 fully saturated rings. The van der Waals surface area contributed by atoms with Crippen molar-refractivity contribution in [1.29, 1.82) is 0 Å². The maximum absolute atomic E-state index is 11.7. The van der Waals surface area contributed by atoms with Crippen molar-refractivity contribution in [2.75, 3.05) is 24.5 Å². The largest absolute Gasteiger partial charge is 0.430 e. The Balaban J connectivity index is 4.16. The van der Waals surface area contributed by atoms with Gasteiger partial charge in [0.1, 0.15) is 0 Å². The number of hydrogen-bond acceptors (Lipinski definition) is 3. The van der Waals surface area contributed by atoms with Gasteiger partial charge in [-0.15, -0.1) is 23.2 Å². The molecule has 0 heterocycles. The number of hydrogen-bond donors (Lipinski definition) is 0. The summed E-state index contributed by atoms with van der Waals surface area (Å²) < 4.78 is 21.7. The lowest BCUT2D eigenvalue weighted by Crippen LogP contribution is -2.02. The van der Waals surface area contributed by atoms with Gasteiger partial charge in [-0.3, -0.25) is 4.52 Å². The van der Waals surface area contributed by atoms with E-state index in [0.29, 0.717) is 5.76 Å². The van der Waals surface area contributed by atoms with E-state index in [-0.39, 0.29) is 24.5 Å². The maximum Gasteiger partial charge on any atom is 0.380 e. The molecule has 0 spiro atoms. The van der Waals surface area contributed by atoms with Crippen molar-refractivity contribution in [1.82, 2.24) is 0 Å². The van der Waals surface area contributed by atoms with Crippen molar-refractivity contribution in [3.63, 3.8) is 0 Å². The third-order valence-electron chi connectivity index (χ3n) is 1.02. The van der Waals surface area contributed by atoms with E-state index in [1.807, 2.05) is 0 Å². The van der Waals surface area contributed by atoms with Crippen LogP contribution in [0.5, 0.6) is 0 Å². The highest BCUT2D eigenvalue weighted by Crippen LogP contribution is 2.49. The SMILES string of the molecule is C=C(C)OP(=O)(CCCl)OCCCl. The Bertz CT molecular complexity index is 208. The zero-order chi connectivity index (χ0) is 10.3. The lowest BCUT2D eigenvalue weighted by atomic mass is 10.7. The molecule has 1 atom stereocenters. The average Bonchev–Trinajstić information content (AvgIpc) is 2.00. The first kappa shape index (κ1) is 13.3. The molecule has 0 aromatic heterocycles. The highest BCUT2D eigenvalue weighted by molar-refractivity contribution is 7.54. The highest BCUT2D eigenvalue weighted by atomic mass is 35.5. The van der Waals surface area contributed by atoms with Gasteiger partial charge >= 0.3 is 7.60 Å². The highest BCUT2D eigenvalue weighted by Gasteiger charge is 2.24. The number of halogens is 2. The molecule has 0 saturated heterocycles. The molecule has 0 amide bonds. The molecule has 0 aliphatic carbocycles. The summed E-state index contributed by atoms with van der Waals surface area (Å²) >= 11 is 10.8. The first-order chi connectivity index (χ1) is 6.04. The van der Waals surface area contributed by atoms with Crippen LogP contribution in [0, 0.1) is 0 Å². The standard InChI is InChI=1S/C7H13Cl2O3P/c1-7(2)12-13(10,6-4-9)11-5-3-8/h1,3-6H2,2H3. The summed E-state index contributed by atoms with van der Waals surface area (Å²) in [5, 5.41) is 0. The summed E-state index contributed by atoms with van der Waals surface area (Å²) in [5.74, 6) is 0.835. The van der Waals surface area contributed by atoms with Gasteiger partial charge in [0.15, 0.2) is 0 Å². The minimum absolute atomic E-state index is 0.165. The molecule has 0 aliphatic heterocycles. The van der Waals surface area contributed by atoms with Crippen molar-refractivity contribution in [2.24, 2.45) is 0 Å². The first-order valence-corrected chi connectivity index (χ1v) is 6.54. The van der Waals surface area contributed by atoms with Crippen molar-refractivity contribution in [3.05, 3.63) is 12.3 Å². The van der Waals surface area contributed by atoms with Gasteiger partial charge in [0, 0.05) is 11.8 Å². The van der Waals surface area contributed by atoms with Gasteiger partial charge in [0.2, 0.25) is 0 Å². The molecule has 0 aromatic carbocycles. The van der Waals surface area contributed by atoms with Crippen LogP contribution in [0.2, 0.25) is 0 Å². The summed E-state index contributed by atoms with van der Waals surface area (Å²) in [7, 11) is -3.11. The molecular formula is C7H13Cl2O3P. The normalized spacial score (nSPS) is 15.0. The van der Waals surface area contributed by atoms with Crippen LogP contribution in [-0.2, 0) is 13.6 Å². The van der Waals surface area contributed by atoms with Crippen LogP contribution < -0.4 is 0 Å².